The number of sulfonamides is 1. The number of amides is 2. The molecule has 8 nitrogen and oxygen atoms in total. The summed E-state index contributed by atoms with van der Waals surface area (Å²) in [6.07, 6.45) is 1.01. The molecule has 2 atom stereocenters. The van der Waals surface area contributed by atoms with Gasteiger partial charge in [-0.15, -0.1) is 0 Å². The largest absolute Gasteiger partial charge is 0.492 e. The molecule has 0 unspecified atom stereocenters. The van der Waals surface area contributed by atoms with Gasteiger partial charge in [-0.2, -0.15) is 0 Å². The fraction of sp³-hybridized carbons (Fsp3) is 0.355. The van der Waals surface area contributed by atoms with Gasteiger partial charge in [0.25, 0.3) is 10.0 Å². The molecular weight excluding hydrogens is 597 g/mol. The summed E-state index contributed by atoms with van der Waals surface area (Å²) < 4.78 is 34.9. The molecule has 0 spiro atoms. The van der Waals surface area contributed by atoms with Crippen LogP contribution in [0.15, 0.2) is 77.7 Å². The summed E-state index contributed by atoms with van der Waals surface area (Å²) in [4.78, 5) is 29.1. The van der Waals surface area contributed by atoms with Crippen molar-refractivity contribution in [3.8, 4) is 5.75 Å². The fourth-order valence-electron chi connectivity index (χ4n) is 4.37. The number of halogens is 2. The number of ether oxygens (including phenoxy) is 1. The highest BCUT2D eigenvalue weighted by Crippen LogP contribution is 2.33. The molecule has 3 aromatic carbocycles. The molecule has 0 fully saturated rings. The second kappa shape index (κ2) is 15.3. The summed E-state index contributed by atoms with van der Waals surface area (Å²) in [6, 6.07) is 18.5. The van der Waals surface area contributed by atoms with Crippen LogP contribution in [0.1, 0.15) is 46.1 Å². The molecule has 0 saturated heterocycles. The first-order valence-electron chi connectivity index (χ1n) is 13.9. The standard InChI is InChI=1S/C31H37Cl2N3O5S/c1-5-22(4)34-31(38)27(6-2)35(20-23-17-18-25(32)26(33)19-23)30(37)21-36(28-15-11-12-16-29(28)41-7-3)42(39,40)24-13-9-8-10-14-24/h8-19,22,27H,5-7,20-21H2,1-4H3,(H,34,38)/t22-,27+/m0/s1. The van der Waals surface area contributed by atoms with Crippen molar-refractivity contribution in [3.63, 3.8) is 0 Å². The first-order valence-corrected chi connectivity index (χ1v) is 16.1. The average Bonchev–Trinajstić information content (AvgIpc) is 2.98. The number of benzene rings is 3. The number of rotatable bonds is 14. The minimum Gasteiger partial charge on any atom is -0.492 e. The molecule has 0 aromatic heterocycles. The predicted molar refractivity (Wildman–Crippen MR) is 168 cm³/mol. The Morgan fingerprint density at radius 3 is 2.19 bits per heavy atom. The first kappa shape index (κ1) is 33.2. The van der Waals surface area contributed by atoms with Crippen LogP contribution in [0.2, 0.25) is 10.0 Å². The molecule has 0 saturated carbocycles. The monoisotopic (exact) mass is 633 g/mol. The lowest BCUT2D eigenvalue weighted by molar-refractivity contribution is -0.140. The van der Waals surface area contributed by atoms with E-state index in [9.17, 15) is 18.0 Å². The SMILES string of the molecule is CCOc1ccccc1N(CC(=O)N(Cc1ccc(Cl)c(Cl)c1)[C@H](CC)C(=O)N[C@@H](C)CC)S(=O)(=O)c1ccccc1. The number of nitrogens with one attached hydrogen (secondary N) is 1. The number of hydrogen-bond acceptors (Lipinski definition) is 5. The molecule has 42 heavy (non-hydrogen) atoms. The zero-order chi connectivity index (χ0) is 30.9. The maximum atomic E-state index is 14.2. The molecule has 3 rings (SSSR count). The molecule has 0 aliphatic carbocycles. The highest BCUT2D eigenvalue weighted by molar-refractivity contribution is 7.92. The van der Waals surface area contributed by atoms with Crippen LogP contribution in [0.25, 0.3) is 0 Å². The van der Waals surface area contributed by atoms with Crippen molar-refractivity contribution < 1.29 is 22.7 Å². The van der Waals surface area contributed by atoms with Gasteiger partial charge in [0.1, 0.15) is 18.3 Å². The smallest absolute Gasteiger partial charge is 0.264 e. The zero-order valence-electron chi connectivity index (χ0n) is 24.2. The molecular formula is C31H37Cl2N3O5S. The van der Waals surface area contributed by atoms with Crippen molar-refractivity contribution in [1.29, 1.82) is 0 Å². The van der Waals surface area contributed by atoms with Crippen LogP contribution in [0.3, 0.4) is 0 Å². The van der Waals surface area contributed by atoms with Crippen LogP contribution >= 0.6 is 23.2 Å². The summed E-state index contributed by atoms with van der Waals surface area (Å²) in [6.45, 7) is 7.16. The quantitative estimate of drug-likeness (QED) is 0.224. The number of carbonyl (C=O) groups is 2. The van der Waals surface area contributed by atoms with Gasteiger partial charge < -0.3 is 15.0 Å². The maximum Gasteiger partial charge on any atom is 0.264 e. The van der Waals surface area contributed by atoms with Crippen molar-refractivity contribution in [2.75, 3.05) is 17.5 Å². The second-order valence-corrected chi connectivity index (χ2v) is 12.4. The molecule has 0 radical (unpaired) electrons. The van der Waals surface area contributed by atoms with Crippen molar-refractivity contribution in [2.45, 2.75) is 64.1 Å². The van der Waals surface area contributed by atoms with E-state index >= 15 is 0 Å². The van der Waals surface area contributed by atoms with Gasteiger partial charge in [-0.05, 0) is 68.7 Å². The van der Waals surface area contributed by atoms with Crippen LogP contribution < -0.4 is 14.4 Å². The van der Waals surface area contributed by atoms with Crippen LogP contribution in [-0.2, 0) is 26.2 Å². The highest BCUT2D eigenvalue weighted by Gasteiger charge is 2.35. The maximum absolute atomic E-state index is 14.2. The molecule has 0 aliphatic heterocycles. The Balaban J connectivity index is 2.11. The van der Waals surface area contributed by atoms with Crippen molar-refractivity contribution in [3.05, 3.63) is 88.4 Å². The molecule has 11 heteroatoms. The van der Waals surface area contributed by atoms with Crippen LogP contribution in [0.5, 0.6) is 5.75 Å². The summed E-state index contributed by atoms with van der Waals surface area (Å²) in [5.74, 6) is -0.588. The molecule has 1 N–H and O–H groups in total. The molecule has 0 aliphatic rings. The summed E-state index contributed by atoms with van der Waals surface area (Å²) in [7, 11) is -4.22. The van der Waals surface area contributed by atoms with Gasteiger partial charge in [-0.25, -0.2) is 8.42 Å². The molecule has 3 aromatic rings. The Kier molecular flexibility index (Phi) is 12.1. The van der Waals surface area contributed by atoms with E-state index in [4.69, 9.17) is 27.9 Å². The third kappa shape index (κ3) is 8.18. The van der Waals surface area contributed by atoms with Gasteiger partial charge in [0.2, 0.25) is 11.8 Å². The number of nitrogens with zero attached hydrogens (tertiary/aromatic N) is 2. The third-order valence-electron chi connectivity index (χ3n) is 6.77. The Hall–Kier alpha value is -3.27. The van der Waals surface area contributed by atoms with Crippen LogP contribution in [-0.4, -0.2) is 50.4 Å². The van der Waals surface area contributed by atoms with Gasteiger partial charge in [-0.1, -0.05) is 73.4 Å². The van der Waals surface area contributed by atoms with Crippen molar-refractivity contribution in [1.82, 2.24) is 10.2 Å². The van der Waals surface area contributed by atoms with Crippen molar-refractivity contribution in [2.24, 2.45) is 0 Å². The Labute approximate surface area is 258 Å². The fourth-order valence-corrected chi connectivity index (χ4v) is 6.14. The molecule has 2 amide bonds. The predicted octanol–water partition coefficient (Wildman–Crippen LogP) is 6.31. The summed E-state index contributed by atoms with van der Waals surface area (Å²) >= 11 is 12.4. The number of para-hydroxylation sites is 2. The van der Waals surface area contributed by atoms with E-state index in [0.717, 1.165) is 4.31 Å². The van der Waals surface area contributed by atoms with Gasteiger partial charge in [0.15, 0.2) is 0 Å². The summed E-state index contributed by atoms with van der Waals surface area (Å²) in [5.41, 5.74) is 0.850. The first-order chi connectivity index (χ1) is 20.0. The average molecular weight is 635 g/mol. The lowest BCUT2D eigenvalue weighted by Crippen LogP contribution is -2.53. The number of carbonyl (C=O) groups excluding carboxylic acids is 2. The van der Waals surface area contributed by atoms with E-state index < -0.39 is 28.5 Å². The van der Waals surface area contributed by atoms with Gasteiger partial charge in [0, 0.05) is 12.6 Å². The van der Waals surface area contributed by atoms with Crippen molar-refractivity contribution >= 4 is 50.7 Å². The minimum atomic E-state index is -4.22. The Bertz CT molecular complexity index is 1470. The minimum absolute atomic E-state index is 0.00842. The van der Waals surface area contributed by atoms with E-state index in [2.05, 4.69) is 5.32 Å². The zero-order valence-corrected chi connectivity index (χ0v) is 26.5. The third-order valence-corrected chi connectivity index (χ3v) is 9.28. The van der Waals surface area contributed by atoms with E-state index in [-0.39, 0.29) is 29.1 Å². The van der Waals surface area contributed by atoms with Gasteiger partial charge in [-0.3, -0.25) is 13.9 Å². The Morgan fingerprint density at radius 1 is 0.905 bits per heavy atom. The van der Waals surface area contributed by atoms with E-state index in [0.29, 0.717) is 40.8 Å². The molecule has 226 valence electrons. The topological polar surface area (TPSA) is 96.0 Å². The van der Waals surface area contributed by atoms with E-state index in [1.54, 1.807) is 74.5 Å². The number of hydrogen-bond donors (Lipinski definition) is 1. The van der Waals surface area contributed by atoms with E-state index in [1.165, 1.54) is 17.0 Å². The van der Waals surface area contributed by atoms with Crippen LogP contribution in [0, 0.1) is 0 Å². The molecule has 0 heterocycles. The lowest BCUT2D eigenvalue weighted by Gasteiger charge is -2.34. The normalized spacial score (nSPS) is 12.7. The second-order valence-electron chi connectivity index (χ2n) is 9.74. The Morgan fingerprint density at radius 2 is 1.57 bits per heavy atom. The van der Waals surface area contributed by atoms with Gasteiger partial charge >= 0.3 is 0 Å². The van der Waals surface area contributed by atoms with Crippen LogP contribution in [0.4, 0.5) is 5.69 Å². The lowest BCUT2D eigenvalue weighted by atomic mass is 10.1. The molecule has 0 bridgehead atoms. The highest BCUT2D eigenvalue weighted by atomic mass is 35.5. The van der Waals surface area contributed by atoms with E-state index in [1.807, 2.05) is 13.8 Å². The van der Waals surface area contributed by atoms with Gasteiger partial charge in [0.05, 0.1) is 27.2 Å². The number of anilines is 1. The summed E-state index contributed by atoms with van der Waals surface area (Å²) in [5, 5.41) is 3.61.